The summed E-state index contributed by atoms with van der Waals surface area (Å²) < 4.78 is 5.58. The monoisotopic (exact) mass is 360 g/mol. The molecule has 0 aliphatic rings. The van der Waals surface area contributed by atoms with E-state index >= 15 is 0 Å². The zero-order valence-electron chi connectivity index (χ0n) is 15.2. The van der Waals surface area contributed by atoms with Gasteiger partial charge in [-0.1, -0.05) is 18.7 Å². The molecular formula is C21H20N4O2. The first kappa shape index (κ1) is 18.3. The number of amides is 1. The summed E-state index contributed by atoms with van der Waals surface area (Å²) >= 11 is 0. The number of nitrogens with zero attached hydrogens (tertiary/aromatic N) is 2. The second-order valence-corrected chi connectivity index (χ2v) is 6.34. The molecule has 0 spiro atoms. The van der Waals surface area contributed by atoms with Crippen LogP contribution in [0.4, 0.5) is 5.82 Å². The molecule has 0 aliphatic heterocycles. The maximum Gasteiger partial charge on any atom is 0.256 e. The van der Waals surface area contributed by atoms with Crippen LogP contribution >= 0.6 is 0 Å². The number of fused-ring (bicyclic) bond motifs is 1. The Balaban J connectivity index is 1.79. The number of benzene rings is 2. The van der Waals surface area contributed by atoms with E-state index in [-0.39, 0.29) is 12.0 Å². The zero-order chi connectivity index (χ0) is 19.4. The van der Waals surface area contributed by atoms with Gasteiger partial charge in [-0.05, 0) is 55.6 Å². The van der Waals surface area contributed by atoms with E-state index in [0.717, 1.165) is 22.1 Å². The second kappa shape index (κ2) is 7.78. The van der Waals surface area contributed by atoms with Gasteiger partial charge in [-0.2, -0.15) is 5.11 Å². The summed E-state index contributed by atoms with van der Waals surface area (Å²) in [6.07, 6.45) is 1.77. The Morgan fingerprint density at radius 3 is 2.48 bits per heavy atom. The van der Waals surface area contributed by atoms with Crippen LogP contribution in [0.2, 0.25) is 0 Å². The van der Waals surface area contributed by atoms with Crippen molar-refractivity contribution in [1.29, 1.82) is 5.53 Å². The summed E-state index contributed by atoms with van der Waals surface area (Å²) in [5.74, 6) is 0.915. The van der Waals surface area contributed by atoms with Gasteiger partial charge in [0.25, 0.3) is 5.91 Å². The third-order valence-corrected chi connectivity index (χ3v) is 3.92. The quantitative estimate of drug-likeness (QED) is 0.587. The highest BCUT2D eigenvalue weighted by molar-refractivity contribution is 6.04. The van der Waals surface area contributed by atoms with Crippen LogP contribution in [0.15, 0.2) is 66.4 Å². The molecule has 0 atom stereocenters. The van der Waals surface area contributed by atoms with E-state index in [1.807, 2.05) is 32.0 Å². The molecule has 0 fully saturated rings. The SMILES string of the molecule is C=C(N=N)c1ccc2cnc(NC(=O)c3ccc(OC(C)C)cc3)cc2c1. The number of aromatic nitrogens is 1. The van der Waals surface area contributed by atoms with Crippen LogP contribution in [0.25, 0.3) is 16.5 Å². The third-order valence-electron chi connectivity index (χ3n) is 3.92. The van der Waals surface area contributed by atoms with Gasteiger partial charge in [-0.3, -0.25) is 4.79 Å². The van der Waals surface area contributed by atoms with Crippen LogP contribution in [0.1, 0.15) is 29.8 Å². The van der Waals surface area contributed by atoms with E-state index in [4.69, 9.17) is 10.3 Å². The maximum atomic E-state index is 12.5. The molecule has 2 N–H and O–H groups in total. The fourth-order valence-corrected chi connectivity index (χ4v) is 2.60. The molecule has 0 saturated heterocycles. The molecule has 136 valence electrons. The Labute approximate surface area is 157 Å². The number of ether oxygens (including phenoxy) is 1. The van der Waals surface area contributed by atoms with Crippen LogP contribution < -0.4 is 10.1 Å². The van der Waals surface area contributed by atoms with Crippen molar-refractivity contribution in [2.45, 2.75) is 20.0 Å². The number of carbonyl (C=O) groups excluding carboxylic acids is 1. The topological polar surface area (TPSA) is 87.4 Å². The first-order valence-corrected chi connectivity index (χ1v) is 8.51. The third kappa shape index (κ3) is 4.36. The van der Waals surface area contributed by atoms with Gasteiger partial charge in [0.2, 0.25) is 0 Å². The molecule has 3 aromatic rings. The first-order chi connectivity index (χ1) is 13.0. The summed E-state index contributed by atoms with van der Waals surface area (Å²) in [5.41, 5.74) is 8.73. The lowest BCUT2D eigenvalue weighted by molar-refractivity contribution is 0.102. The molecular weight excluding hydrogens is 340 g/mol. The Morgan fingerprint density at radius 2 is 1.81 bits per heavy atom. The fourth-order valence-electron chi connectivity index (χ4n) is 2.60. The molecule has 1 amide bonds. The summed E-state index contributed by atoms with van der Waals surface area (Å²) in [4.78, 5) is 16.7. The molecule has 6 heteroatoms. The summed E-state index contributed by atoms with van der Waals surface area (Å²) in [6, 6.07) is 14.3. The lowest BCUT2D eigenvalue weighted by Gasteiger charge is -2.10. The van der Waals surface area contributed by atoms with E-state index in [1.54, 1.807) is 36.5 Å². The molecule has 27 heavy (non-hydrogen) atoms. The van der Waals surface area contributed by atoms with Crippen LogP contribution in [0, 0.1) is 5.53 Å². The minimum Gasteiger partial charge on any atom is -0.491 e. The van der Waals surface area contributed by atoms with Gasteiger partial charge in [-0.25, -0.2) is 10.5 Å². The molecule has 0 aliphatic carbocycles. The van der Waals surface area contributed by atoms with Crippen molar-refractivity contribution in [3.63, 3.8) is 0 Å². The van der Waals surface area contributed by atoms with Gasteiger partial charge < -0.3 is 10.1 Å². The highest BCUT2D eigenvalue weighted by Crippen LogP contribution is 2.23. The number of nitrogens with one attached hydrogen (secondary N) is 2. The Morgan fingerprint density at radius 1 is 1.11 bits per heavy atom. The largest absolute Gasteiger partial charge is 0.491 e. The Hall–Kier alpha value is -3.54. The van der Waals surface area contributed by atoms with E-state index in [0.29, 0.717) is 17.1 Å². The smallest absolute Gasteiger partial charge is 0.256 e. The van der Waals surface area contributed by atoms with E-state index in [1.165, 1.54) is 0 Å². The van der Waals surface area contributed by atoms with Gasteiger partial charge in [0.1, 0.15) is 11.6 Å². The maximum absolute atomic E-state index is 12.5. The van der Waals surface area contributed by atoms with Gasteiger partial charge >= 0.3 is 0 Å². The molecule has 0 bridgehead atoms. The minimum atomic E-state index is -0.250. The van der Waals surface area contributed by atoms with Crippen LogP contribution in [-0.2, 0) is 0 Å². The molecule has 0 unspecified atom stereocenters. The summed E-state index contributed by atoms with van der Waals surface area (Å²) in [6.45, 7) is 7.63. The number of hydrogen-bond donors (Lipinski definition) is 2. The molecule has 6 nitrogen and oxygen atoms in total. The van der Waals surface area contributed by atoms with Crippen molar-refractivity contribution in [2.24, 2.45) is 5.11 Å². The average Bonchev–Trinajstić information content (AvgIpc) is 2.66. The van der Waals surface area contributed by atoms with Gasteiger partial charge in [-0.15, -0.1) is 0 Å². The van der Waals surface area contributed by atoms with Crippen molar-refractivity contribution in [3.8, 4) is 5.75 Å². The highest BCUT2D eigenvalue weighted by atomic mass is 16.5. The number of pyridine rings is 1. The average molecular weight is 360 g/mol. The van der Waals surface area contributed by atoms with Crippen molar-refractivity contribution in [1.82, 2.24) is 4.98 Å². The number of carbonyl (C=O) groups is 1. The lowest BCUT2D eigenvalue weighted by atomic mass is 10.1. The molecule has 1 aromatic heterocycles. The second-order valence-electron chi connectivity index (χ2n) is 6.34. The van der Waals surface area contributed by atoms with Crippen molar-refractivity contribution in [3.05, 3.63) is 72.4 Å². The van der Waals surface area contributed by atoms with Crippen LogP contribution in [-0.4, -0.2) is 17.0 Å². The van der Waals surface area contributed by atoms with Crippen molar-refractivity contribution >= 4 is 28.2 Å². The molecule has 1 heterocycles. The minimum absolute atomic E-state index is 0.0790. The Bertz CT molecular complexity index is 1010. The van der Waals surface area contributed by atoms with Gasteiger partial charge in [0.15, 0.2) is 0 Å². The highest BCUT2D eigenvalue weighted by Gasteiger charge is 2.09. The van der Waals surface area contributed by atoms with Crippen LogP contribution in [0.3, 0.4) is 0 Å². The molecule has 0 radical (unpaired) electrons. The predicted octanol–water partition coefficient (Wildman–Crippen LogP) is 5.28. The molecule has 3 rings (SSSR count). The molecule has 2 aromatic carbocycles. The lowest BCUT2D eigenvalue weighted by Crippen LogP contribution is -2.13. The normalized spacial score (nSPS) is 10.6. The summed E-state index contributed by atoms with van der Waals surface area (Å²) in [7, 11) is 0. The van der Waals surface area contributed by atoms with Crippen molar-refractivity contribution < 1.29 is 9.53 Å². The Kier molecular flexibility index (Phi) is 5.26. The van der Waals surface area contributed by atoms with E-state index in [2.05, 4.69) is 22.0 Å². The van der Waals surface area contributed by atoms with E-state index in [9.17, 15) is 4.79 Å². The number of anilines is 1. The summed E-state index contributed by atoms with van der Waals surface area (Å²) in [5, 5.41) is 7.96. The van der Waals surface area contributed by atoms with Crippen molar-refractivity contribution in [2.75, 3.05) is 5.32 Å². The first-order valence-electron chi connectivity index (χ1n) is 8.51. The predicted molar refractivity (Wildman–Crippen MR) is 106 cm³/mol. The van der Waals surface area contributed by atoms with Gasteiger partial charge in [0.05, 0.1) is 11.8 Å². The molecule has 0 saturated carbocycles. The van der Waals surface area contributed by atoms with Gasteiger partial charge in [0, 0.05) is 22.7 Å². The van der Waals surface area contributed by atoms with Crippen LogP contribution in [0.5, 0.6) is 5.75 Å². The fraction of sp³-hybridized carbons (Fsp3) is 0.143. The van der Waals surface area contributed by atoms with E-state index < -0.39 is 0 Å². The number of rotatable bonds is 6. The zero-order valence-corrected chi connectivity index (χ0v) is 15.2. The standard InChI is InChI=1S/C21H20N4O2/c1-13(2)27-19-8-6-15(7-9-19)21(26)24-20-11-18-10-16(14(3)25-22)4-5-17(18)12-23-20/h4-13,22H,3H2,1-2H3,(H,23,24,26). The number of hydrogen-bond acceptors (Lipinski definition) is 5.